The first kappa shape index (κ1) is 15.1. The lowest BCUT2D eigenvalue weighted by molar-refractivity contribution is -0.385. The van der Waals surface area contributed by atoms with Crippen molar-refractivity contribution in [3.05, 3.63) is 39.4 Å². The van der Waals surface area contributed by atoms with Crippen LogP contribution in [0.2, 0.25) is 0 Å². The van der Waals surface area contributed by atoms with Gasteiger partial charge in [0.2, 0.25) is 5.91 Å². The lowest BCUT2D eigenvalue weighted by atomic mass is 10.1. The van der Waals surface area contributed by atoms with E-state index >= 15 is 0 Å². The van der Waals surface area contributed by atoms with Crippen LogP contribution >= 0.6 is 0 Å². The predicted molar refractivity (Wildman–Crippen MR) is 72.8 cm³/mol. The van der Waals surface area contributed by atoms with Gasteiger partial charge in [-0.25, -0.2) is 0 Å². The molecule has 0 saturated heterocycles. The highest BCUT2D eigenvalue weighted by molar-refractivity contribution is 5.81. The summed E-state index contributed by atoms with van der Waals surface area (Å²) < 4.78 is 0. The Balaban J connectivity index is 2.71. The van der Waals surface area contributed by atoms with Gasteiger partial charge in [0.05, 0.1) is 11.0 Å². The van der Waals surface area contributed by atoms with E-state index in [1.165, 1.54) is 6.07 Å². The molecule has 0 aromatic heterocycles. The summed E-state index contributed by atoms with van der Waals surface area (Å²) >= 11 is 0. The maximum absolute atomic E-state index is 11.5. The molecular formula is C13H19N3O3. The number of carbonyl (C=O) groups is 1. The van der Waals surface area contributed by atoms with Crippen molar-refractivity contribution in [2.45, 2.75) is 33.4 Å². The Bertz CT molecular complexity index is 474. The number of hydrogen-bond donors (Lipinski definition) is 2. The van der Waals surface area contributed by atoms with Crippen LogP contribution in [0, 0.1) is 17.0 Å². The van der Waals surface area contributed by atoms with Gasteiger partial charge in [0.15, 0.2) is 0 Å². The number of nitrogens with zero attached hydrogens (tertiary/aromatic N) is 1. The van der Waals surface area contributed by atoms with Crippen LogP contribution in [0.15, 0.2) is 18.2 Å². The number of hydrogen-bond acceptors (Lipinski definition) is 4. The van der Waals surface area contributed by atoms with Crippen LogP contribution < -0.4 is 10.6 Å². The van der Waals surface area contributed by atoms with E-state index in [0.717, 1.165) is 5.56 Å². The van der Waals surface area contributed by atoms with E-state index < -0.39 is 4.92 Å². The molecule has 0 aliphatic rings. The molecule has 0 spiro atoms. The lowest BCUT2D eigenvalue weighted by Crippen LogP contribution is -2.41. The molecule has 1 amide bonds. The average molecular weight is 265 g/mol. The van der Waals surface area contributed by atoms with Crippen LogP contribution in [0.4, 0.5) is 5.69 Å². The third kappa shape index (κ3) is 4.03. The fourth-order valence-electron chi connectivity index (χ4n) is 1.74. The number of rotatable bonds is 6. The van der Waals surface area contributed by atoms with Crippen molar-refractivity contribution in [1.29, 1.82) is 0 Å². The van der Waals surface area contributed by atoms with Crippen molar-refractivity contribution in [2.75, 3.05) is 6.54 Å². The van der Waals surface area contributed by atoms with Gasteiger partial charge < -0.3 is 10.6 Å². The predicted octanol–water partition coefficient (Wildman–Crippen LogP) is 1.52. The van der Waals surface area contributed by atoms with Gasteiger partial charge in [-0.05, 0) is 26.3 Å². The summed E-state index contributed by atoms with van der Waals surface area (Å²) in [5.74, 6) is -0.0782. The first-order valence-electron chi connectivity index (χ1n) is 6.21. The smallest absolute Gasteiger partial charge is 0.272 e. The van der Waals surface area contributed by atoms with E-state index in [4.69, 9.17) is 0 Å². The minimum Gasteiger partial charge on any atom is -0.355 e. The Labute approximate surface area is 112 Å². The number of carbonyl (C=O) groups excluding carboxylic acids is 1. The number of amides is 1. The van der Waals surface area contributed by atoms with Crippen LogP contribution in [0.25, 0.3) is 0 Å². The lowest BCUT2D eigenvalue weighted by Gasteiger charge is -2.14. The topological polar surface area (TPSA) is 84.3 Å². The van der Waals surface area contributed by atoms with Crippen molar-refractivity contribution in [1.82, 2.24) is 10.6 Å². The van der Waals surface area contributed by atoms with Gasteiger partial charge in [-0.1, -0.05) is 12.1 Å². The van der Waals surface area contributed by atoms with Gasteiger partial charge in [-0.3, -0.25) is 14.9 Å². The van der Waals surface area contributed by atoms with Gasteiger partial charge in [-0.2, -0.15) is 0 Å². The second kappa shape index (κ2) is 6.84. The first-order valence-corrected chi connectivity index (χ1v) is 6.21. The molecule has 19 heavy (non-hydrogen) atoms. The standard InChI is InChI=1S/C13H19N3O3/c1-4-14-13(17)10(3)15-8-11-6-5-7-12(9(11)2)16(18)19/h5-7,10,15H,4,8H2,1-3H3,(H,14,17). The van der Waals surface area contributed by atoms with Crippen LogP contribution in [-0.4, -0.2) is 23.4 Å². The Morgan fingerprint density at radius 2 is 2.16 bits per heavy atom. The molecule has 0 bridgehead atoms. The molecule has 0 radical (unpaired) electrons. The monoisotopic (exact) mass is 265 g/mol. The highest BCUT2D eigenvalue weighted by Crippen LogP contribution is 2.20. The Morgan fingerprint density at radius 1 is 1.47 bits per heavy atom. The van der Waals surface area contributed by atoms with Crippen molar-refractivity contribution in [3.8, 4) is 0 Å². The molecule has 0 aliphatic carbocycles. The summed E-state index contributed by atoms with van der Waals surface area (Å²) in [4.78, 5) is 22.0. The zero-order valence-corrected chi connectivity index (χ0v) is 11.4. The maximum atomic E-state index is 11.5. The third-order valence-corrected chi connectivity index (χ3v) is 2.96. The number of nitro benzene ring substituents is 1. The number of nitro groups is 1. The van der Waals surface area contributed by atoms with E-state index in [9.17, 15) is 14.9 Å². The maximum Gasteiger partial charge on any atom is 0.272 e. The zero-order chi connectivity index (χ0) is 14.4. The fourth-order valence-corrected chi connectivity index (χ4v) is 1.74. The molecule has 1 rings (SSSR count). The molecule has 0 fully saturated rings. The molecule has 0 aliphatic heterocycles. The van der Waals surface area contributed by atoms with Gasteiger partial charge in [0, 0.05) is 24.7 Å². The van der Waals surface area contributed by atoms with Gasteiger partial charge in [0.25, 0.3) is 5.69 Å². The third-order valence-electron chi connectivity index (χ3n) is 2.96. The normalized spacial score (nSPS) is 11.9. The molecule has 1 atom stereocenters. The fraction of sp³-hybridized carbons (Fsp3) is 0.462. The van der Waals surface area contributed by atoms with Crippen molar-refractivity contribution in [3.63, 3.8) is 0 Å². The van der Waals surface area contributed by atoms with Gasteiger partial charge in [0.1, 0.15) is 0 Å². The molecule has 1 unspecified atom stereocenters. The summed E-state index contributed by atoms with van der Waals surface area (Å²) in [7, 11) is 0. The molecule has 104 valence electrons. The SMILES string of the molecule is CCNC(=O)C(C)NCc1cccc([N+](=O)[O-])c1C. The molecule has 6 heteroatoms. The van der Waals surface area contributed by atoms with Crippen molar-refractivity contribution in [2.24, 2.45) is 0 Å². The quantitative estimate of drug-likeness (QED) is 0.603. The second-order valence-corrected chi connectivity index (χ2v) is 4.32. The minimum atomic E-state index is -0.397. The summed E-state index contributed by atoms with van der Waals surface area (Å²) in [6.07, 6.45) is 0. The molecule has 1 aromatic carbocycles. The molecular weight excluding hydrogens is 246 g/mol. The second-order valence-electron chi connectivity index (χ2n) is 4.32. The molecule has 1 aromatic rings. The number of benzene rings is 1. The molecule has 6 nitrogen and oxygen atoms in total. The van der Waals surface area contributed by atoms with Crippen LogP contribution in [-0.2, 0) is 11.3 Å². The van der Waals surface area contributed by atoms with Crippen molar-refractivity contribution < 1.29 is 9.72 Å². The van der Waals surface area contributed by atoms with E-state index in [-0.39, 0.29) is 17.6 Å². The minimum absolute atomic E-state index is 0.0782. The molecule has 0 saturated carbocycles. The van der Waals surface area contributed by atoms with E-state index in [1.54, 1.807) is 19.9 Å². The first-order chi connectivity index (χ1) is 8.97. The van der Waals surface area contributed by atoms with Crippen LogP contribution in [0.3, 0.4) is 0 Å². The Hall–Kier alpha value is -1.95. The molecule has 0 heterocycles. The van der Waals surface area contributed by atoms with Crippen molar-refractivity contribution >= 4 is 11.6 Å². The average Bonchev–Trinajstić information content (AvgIpc) is 2.37. The molecule has 2 N–H and O–H groups in total. The number of nitrogens with one attached hydrogen (secondary N) is 2. The van der Waals surface area contributed by atoms with E-state index in [2.05, 4.69) is 10.6 Å². The summed E-state index contributed by atoms with van der Waals surface area (Å²) in [5, 5.41) is 16.6. The summed E-state index contributed by atoms with van der Waals surface area (Å²) in [5.41, 5.74) is 1.55. The zero-order valence-electron chi connectivity index (χ0n) is 11.4. The van der Waals surface area contributed by atoms with Crippen LogP contribution in [0.1, 0.15) is 25.0 Å². The van der Waals surface area contributed by atoms with Gasteiger partial charge >= 0.3 is 0 Å². The highest BCUT2D eigenvalue weighted by Gasteiger charge is 2.15. The Morgan fingerprint density at radius 3 is 2.74 bits per heavy atom. The van der Waals surface area contributed by atoms with E-state index in [0.29, 0.717) is 18.7 Å². The number of likely N-dealkylation sites (N-methyl/N-ethyl adjacent to an activating group) is 1. The van der Waals surface area contributed by atoms with E-state index in [1.807, 2.05) is 13.0 Å². The summed E-state index contributed by atoms with van der Waals surface area (Å²) in [6.45, 7) is 6.34. The highest BCUT2D eigenvalue weighted by atomic mass is 16.6. The van der Waals surface area contributed by atoms with Crippen LogP contribution in [0.5, 0.6) is 0 Å². The van der Waals surface area contributed by atoms with Gasteiger partial charge in [-0.15, -0.1) is 0 Å². The summed E-state index contributed by atoms with van der Waals surface area (Å²) in [6, 6.07) is 4.61. The Kier molecular flexibility index (Phi) is 5.44. The largest absolute Gasteiger partial charge is 0.355 e.